The quantitative estimate of drug-likeness (QED) is 0.379. The molecule has 0 radical (unpaired) electrons. The molecule has 0 aromatic heterocycles. The van der Waals surface area contributed by atoms with E-state index in [4.69, 9.17) is 4.74 Å². The van der Waals surface area contributed by atoms with E-state index in [0.717, 1.165) is 24.5 Å². The molecule has 0 unspecified atom stereocenters. The van der Waals surface area contributed by atoms with Gasteiger partial charge < -0.3 is 15.0 Å². The molecule has 0 saturated carbocycles. The minimum atomic E-state index is 0.676. The second-order valence-electron chi connectivity index (χ2n) is 8.68. The summed E-state index contributed by atoms with van der Waals surface area (Å²) in [6.07, 6.45) is 5.72. The van der Waals surface area contributed by atoms with Crippen LogP contribution in [0.5, 0.6) is 11.5 Å². The van der Waals surface area contributed by atoms with Crippen LogP contribution in [-0.4, -0.2) is 61.9 Å². The van der Waals surface area contributed by atoms with Crippen LogP contribution in [0.25, 0.3) is 0 Å². The third-order valence-electron chi connectivity index (χ3n) is 6.11. The van der Waals surface area contributed by atoms with Gasteiger partial charge in [0, 0.05) is 49.2 Å². The molecule has 170 valence electrons. The van der Waals surface area contributed by atoms with Gasteiger partial charge in [-0.1, -0.05) is 12.1 Å². The first-order valence-corrected chi connectivity index (χ1v) is 12.9. The van der Waals surface area contributed by atoms with Crippen molar-refractivity contribution in [1.29, 1.82) is 0 Å². The fourth-order valence-corrected chi connectivity index (χ4v) is 4.56. The molecule has 1 saturated heterocycles. The van der Waals surface area contributed by atoms with Crippen molar-refractivity contribution in [3.63, 3.8) is 0 Å². The Balaban J connectivity index is 1.48. The van der Waals surface area contributed by atoms with Crippen LogP contribution in [0.4, 0.5) is 0 Å². The molecule has 3 rings (SSSR count). The zero-order valence-electron chi connectivity index (χ0n) is 19.7. The Bertz CT molecular complexity index is 786. The van der Waals surface area contributed by atoms with Gasteiger partial charge in [-0.25, -0.2) is 0 Å². The summed E-state index contributed by atoms with van der Waals surface area (Å²) in [5.41, 5.74) is 2.62. The number of nitrogens with zero attached hydrogens (tertiary/aromatic N) is 2. The van der Waals surface area contributed by atoms with Gasteiger partial charge in [-0.2, -0.15) is 0 Å². The average molecular weight is 442 g/mol. The summed E-state index contributed by atoms with van der Waals surface area (Å²) in [6.45, 7) is 11.5. The van der Waals surface area contributed by atoms with Crippen molar-refractivity contribution in [3.05, 3.63) is 53.6 Å². The number of nitrogens with one attached hydrogen (secondary N) is 1. The van der Waals surface area contributed by atoms with Gasteiger partial charge in [0.15, 0.2) is 0 Å². The lowest BCUT2D eigenvalue weighted by Gasteiger charge is -2.36. The lowest BCUT2D eigenvalue weighted by Crippen LogP contribution is -2.48. The van der Waals surface area contributed by atoms with E-state index >= 15 is 0 Å². The van der Waals surface area contributed by atoms with Gasteiger partial charge in [-0.15, -0.1) is 11.8 Å². The molecule has 0 bridgehead atoms. The Hall–Kier alpha value is -1.53. The second-order valence-corrected chi connectivity index (χ2v) is 9.56. The van der Waals surface area contributed by atoms with Gasteiger partial charge in [0.05, 0.1) is 0 Å². The van der Waals surface area contributed by atoms with Gasteiger partial charge in [0.25, 0.3) is 0 Å². The molecule has 1 N–H and O–H groups in total. The number of benzene rings is 2. The molecule has 1 heterocycles. The average Bonchev–Trinajstić information content (AvgIpc) is 2.79. The summed E-state index contributed by atoms with van der Waals surface area (Å²) in [5.74, 6) is 1.83. The molecule has 4 nitrogen and oxygen atoms in total. The predicted octanol–water partition coefficient (Wildman–Crippen LogP) is 5.27. The van der Waals surface area contributed by atoms with Crippen molar-refractivity contribution in [2.75, 3.05) is 46.0 Å². The minimum Gasteiger partial charge on any atom is -0.457 e. The monoisotopic (exact) mass is 441 g/mol. The summed E-state index contributed by atoms with van der Waals surface area (Å²) in [6, 6.07) is 15.7. The van der Waals surface area contributed by atoms with Crippen LogP contribution in [0.15, 0.2) is 47.4 Å². The Morgan fingerprint density at radius 1 is 1.00 bits per heavy atom. The van der Waals surface area contributed by atoms with Gasteiger partial charge >= 0.3 is 0 Å². The highest BCUT2D eigenvalue weighted by Gasteiger charge is 2.18. The van der Waals surface area contributed by atoms with Crippen LogP contribution in [-0.2, 0) is 13.0 Å². The van der Waals surface area contributed by atoms with E-state index in [9.17, 15) is 0 Å². The molecule has 0 amide bonds. The molecule has 1 fully saturated rings. The predicted molar refractivity (Wildman–Crippen MR) is 134 cm³/mol. The Labute approximate surface area is 193 Å². The standard InChI is InChI=1S/C26H39N3OS/c1-21(2)29-17-15-28(16-18-29)14-6-5-7-22-8-13-26(23(19-22)20-27-3)30-24-9-11-25(31-4)12-10-24/h8-13,19,21,27H,5-7,14-18,20H2,1-4H3. The largest absolute Gasteiger partial charge is 0.457 e. The Morgan fingerprint density at radius 3 is 2.39 bits per heavy atom. The highest BCUT2D eigenvalue weighted by molar-refractivity contribution is 7.98. The lowest BCUT2D eigenvalue weighted by molar-refractivity contribution is 0.107. The SMILES string of the molecule is CNCc1cc(CCCCN2CCN(C(C)C)CC2)ccc1Oc1ccc(SC)cc1. The van der Waals surface area contributed by atoms with E-state index in [2.05, 4.69) is 65.6 Å². The molecule has 2 aromatic carbocycles. The highest BCUT2D eigenvalue weighted by atomic mass is 32.2. The molecule has 2 aromatic rings. The van der Waals surface area contributed by atoms with E-state index < -0.39 is 0 Å². The number of rotatable bonds is 11. The van der Waals surface area contributed by atoms with Crippen molar-refractivity contribution in [1.82, 2.24) is 15.1 Å². The smallest absolute Gasteiger partial charge is 0.131 e. The minimum absolute atomic E-state index is 0.676. The van der Waals surface area contributed by atoms with Crippen LogP contribution in [0, 0.1) is 0 Å². The molecule has 31 heavy (non-hydrogen) atoms. The van der Waals surface area contributed by atoms with Gasteiger partial charge in [-0.3, -0.25) is 4.90 Å². The zero-order valence-corrected chi connectivity index (χ0v) is 20.5. The molecule has 0 aliphatic carbocycles. The normalized spacial score (nSPS) is 15.5. The van der Waals surface area contributed by atoms with E-state index in [1.807, 2.05) is 19.2 Å². The van der Waals surface area contributed by atoms with E-state index in [1.54, 1.807) is 11.8 Å². The summed E-state index contributed by atoms with van der Waals surface area (Å²) in [7, 11) is 1.99. The van der Waals surface area contributed by atoms with Gasteiger partial charge in [-0.05, 0) is 88.9 Å². The second kappa shape index (κ2) is 12.5. The molecular weight excluding hydrogens is 402 g/mol. The number of hydrogen-bond acceptors (Lipinski definition) is 5. The van der Waals surface area contributed by atoms with Crippen LogP contribution in [0.2, 0.25) is 0 Å². The lowest BCUT2D eigenvalue weighted by atomic mass is 10.0. The summed E-state index contributed by atoms with van der Waals surface area (Å²) in [5, 5.41) is 3.28. The molecular formula is C26H39N3OS. The summed E-state index contributed by atoms with van der Waals surface area (Å²) < 4.78 is 6.19. The third-order valence-corrected chi connectivity index (χ3v) is 6.85. The molecule has 1 aliphatic heterocycles. The first-order valence-electron chi connectivity index (χ1n) is 11.6. The van der Waals surface area contributed by atoms with Crippen LogP contribution in [0.3, 0.4) is 0 Å². The van der Waals surface area contributed by atoms with E-state index in [-0.39, 0.29) is 0 Å². The molecule has 5 heteroatoms. The number of hydrogen-bond donors (Lipinski definition) is 1. The van der Waals surface area contributed by atoms with Crippen LogP contribution >= 0.6 is 11.8 Å². The molecule has 0 atom stereocenters. The number of ether oxygens (including phenoxy) is 1. The molecule has 0 spiro atoms. The summed E-state index contributed by atoms with van der Waals surface area (Å²) in [4.78, 5) is 6.46. The highest BCUT2D eigenvalue weighted by Crippen LogP contribution is 2.28. The van der Waals surface area contributed by atoms with Crippen molar-refractivity contribution >= 4 is 11.8 Å². The number of aryl methyl sites for hydroxylation is 1. The van der Waals surface area contributed by atoms with Crippen molar-refractivity contribution in [3.8, 4) is 11.5 Å². The van der Waals surface area contributed by atoms with Crippen LogP contribution < -0.4 is 10.1 Å². The van der Waals surface area contributed by atoms with Gasteiger partial charge in [0.2, 0.25) is 0 Å². The van der Waals surface area contributed by atoms with Crippen molar-refractivity contribution < 1.29 is 4.74 Å². The maximum absolute atomic E-state index is 6.19. The first kappa shape index (κ1) is 24.1. The Morgan fingerprint density at radius 2 is 1.74 bits per heavy atom. The first-order chi connectivity index (χ1) is 15.1. The maximum Gasteiger partial charge on any atom is 0.131 e. The topological polar surface area (TPSA) is 27.7 Å². The number of piperazine rings is 1. The van der Waals surface area contributed by atoms with Crippen molar-refractivity contribution in [2.45, 2.75) is 50.6 Å². The van der Waals surface area contributed by atoms with E-state index in [0.29, 0.717) is 6.04 Å². The molecule has 1 aliphatic rings. The third kappa shape index (κ3) is 7.53. The van der Waals surface area contributed by atoms with E-state index in [1.165, 1.54) is 61.6 Å². The van der Waals surface area contributed by atoms with Crippen LogP contribution in [0.1, 0.15) is 37.8 Å². The fraction of sp³-hybridized carbons (Fsp3) is 0.538. The maximum atomic E-state index is 6.19. The van der Waals surface area contributed by atoms with Gasteiger partial charge in [0.1, 0.15) is 11.5 Å². The number of unbranched alkanes of at least 4 members (excludes halogenated alkanes) is 1. The fourth-order valence-electron chi connectivity index (χ4n) is 4.16. The van der Waals surface area contributed by atoms with Crippen molar-refractivity contribution in [2.24, 2.45) is 0 Å². The summed E-state index contributed by atoms with van der Waals surface area (Å²) >= 11 is 1.75. The number of thioether (sulfide) groups is 1. The Kier molecular flexibility index (Phi) is 9.72. The zero-order chi connectivity index (χ0) is 22.1.